The number of rotatable bonds is 9. The quantitative estimate of drug-likeness (QED) is 0.358. The molecule has 170 valence electrons. The monoisotopic (exact) mass is 446 g/mol. The van der Waals surface area contributed by atoms with Crippen LogP contribution in [0.1, 0.15) is 40.1 Å². The molecule has 2 amide bonds. The average Bonchev–Trinajstić information content (AvgIpc) is 2.83. The number of carbonyl (C=O) groups is 2. The number of non-ortho nitro benzene ring substituents is 1. The fraction of sp³-hybridized carbons (Fsp3) is 0.200. The number of nitrogens with one attached hydrogen (secondary N) is 2. The number of nitrogens with zero attached hydrogens (tertiary/aromatic N) is 2. The van der Waals surface area contributed by atoms with E-state index < -0.39 is 10.8 Å². The first-order valence-electron chi connectivity index (χ1n) is 10.7. The normalized spacial score (nSPS) is 10.6. The topological polar surface area (TPSA) is 105 Å². The second kappa shape index (κ2) is 11.0. The minimum absolute atomic E-state index is 0.0846. The summed E-state index contributed by atoms with van der Waals surface area (Å²) in [5, 5.41) is 16.6. The SMILES string of the molecule is CCN(CC)Cc1cc(NC(=O)c2ccccc2)cc(NC(=O)c2ccc([N+](=O)[O-])cc2)c1. The highest BCUT2D eigenvalue weighted by Gasteiger charge is 2.13. The van der Waals surface area contributed by atoms with Crippen LogP contribution in [0.2, 0.25) is 0 Å². The number of hydrogen-bond acceptors (Lipinski definition) is 5. The smallest absolute Gasteiger partial charge is 0.269 e. The zero-order valence-corrected chi connectivity index (χ0v) is 18.6. The highest BCUT2D eigenvalue weighted by Crippen LogP contribution is 2.22. The van der Waals surface area contributed by atoms with Gasteiger partial charge < -0.3 is 10.6 Å². The molecule has 0 aliphatic heterocycles. The van der Waals surface area contributed by atoms with Gasteiger partial charge in [0.1, 0.15) is 0 Å². The summed E-state index contributed by atoms with van der Waals surface area (Å²) in [6.45, 7) is 6.52. The van der Waals surface area contributed by atoms with Crippen molar-refractivity contribution in [1.82, 2.24) is 4.90 Å². The van der Waals surface area contributed by atoms with Crippen molar-refractivity contribution in [2.75, 3.05) is 23.7 Å². The molecule has 3 aromatic rings. The van der Waals surface area contributed by atoms with Gasteiger partial charge in [0, 0.05) is 41.2 Å². The number of amides is 2. The number of carbonyl (C=O) groups excluding carboxylic acids is 2. The van der Waals surface area contributed by atoms with Gasteiger partial charge in [0.15, 0.2) is 0 Å². The first-order valence-corrected chi connectivity index (χ1v) is 10.7. The predicted molar refractivity (Wildman–Crippen MR) is 129 cm³/mol. The van der Waals surface area contributed by atoms with Crippen LogP contribution in [0.3, 0.4) is 0 Å². The zero-order chi connectivity index (χ0) is 23.8. The molecule has 0 heterocycles. The molecule has 3 rings (SSSR count). The van der Waals surface area contributed by atoms with E-state index in [0.29, 0.717) is 29.0 Å². The van der Waals surface area contributed by atoms with Crippen LogP contribution in [-0.4, -0.2) is 34.7 Å². The molecule has 0 saturated heterocycles. The third-order valence-corrected chi connectivity index (χ3v) is 5.19. The van der Waals surface area contributed by atoms with Gasteiger partial charge in [-0.3, -0.25) is 24.6 Å². The molecule has 0 saturated carbocycles. The van der Waals surface area contributed by atoms with Crippen molar-refractivity contribution < 1.29 is 14.5 Å². The summed E-state index contributed by atoms with van der Waals surface area (Å²) in [6.07, 6.45) is 0. The largest absolute Gasteiger partial charge is 0.322 e. The summed E-state index contributed by atoms with van der Waals surface area (Å²) in [7, 11) is 0. The fourth-order valence-corrected chi connectivity index (χ4v) is 3.36. The molecule has 0 radical (unpaired) electrons. The lowest BCUT2D eigenvalue weighted by Gasteiger charge is -2.19. The molecular weight excluding hydrogens is 420 g/mol. The highest BCUT2D eigenvalue weighted by molar-refractivity contribution is 6.06. The van der Waals surface area contributed by atoms with Crippen LogP contribution in [-0.2, 0) is 6.54 Å². The van der Waals surface area contributed by atoms with E-state index in [0.717, 1.165) is 18.7 Å². The second-order valence-electron chi connectivity index (χ2n) is 7.46. The van der Waals surface area contributed by atoms with E-state index in [2.05, 4.69) is 29.4 Å². The van der Waals surface area contributed by atoms with Gasteiger partial charge in [-0.25, -0.2) is 0 Å². The number of hydrogen-bond donors (Lipinski definition) is 2. The Balaban J connectivity index is 1.85. The molecule has 0 bridgehead atoms. The molecule has 0 atom stereocenters. The highest BCUT2D eigenvalue weighted by atomic mass is 16.6. The van der Waals surface area contributed by atoms with Gasteiger partial charge in [-0.2, -0.15) is 0 Å². The Morgan fingerprint density at radius 2 is 1.33 bits per heavy atom. The maximum atomic E-state index is 12.7. The van der Waals surface area contributed by atoms with Crippen molar-refractivity contribution >= 4 is 28.9 Å². The maximum absolute atomic E-state index is 12.7. The Morgan fingerprint density at radius 1 is 0.818 bits per heavy atom. The van der Waals surface area contributed by atoms with Crippen LogP contribution in [0.4, 0.5) is 17.1 Å². The molecule has 8 heteroatoms. The molecule has 0 fully saturated rings. The van der Waals surface area contributed by atoms with E-state index in [1.807, 2.05) is 18.2 Å². The Bertz CT molecular complexity index is 1130. The molecule has 8 nitrogen and oxygen atoms in total. The summed E-state index contributed by atoms with van der Waals surface area (Å²) in [5.41, 5.74) is 2.76. The van der Waals surface area contributed by atoms with Gasteiger partial charge in [-0.05, 0) is 61.1 Å². The van der Waals surface area contributed by atoms with Gasteiger partial charge in [0.2, 0.25) is 0 Å². The number of nitro groups is 1. The molecule has 3 aromatic carbocycles. The lowest BCUT2D eigenvalue weighted by molar-refractivity contribution is -0.384. The summed E-state index contributed by atoms with van der Waals surface area (Å²) in [6, 6.07) is 19.7. The van der Waals surface area contributed by atoms with Gasteiger partial charge >= 0.3 is 0 Å². The van der Waals surface area contributed by atoms with Crippen molar-refractivity contribution in [2.24, 2.45) is 0 Å². The average molecular weight is 447 g/mol. The van der Waals surface area contributed by atoms with Gasteiger partial charge in [0.05, 0.1) is 4.92 Å². The Hall–Kier alpha value is -4.04. The van der Waals surface area contributed by atoms with Gasteiger partial charge in [0.25, 0.3) is 17.5 Å². The van der Waals surface area contributed by atoms with E-state index in [9.17, 15) is 19.7 Å². The fourth-order valence-electron chi connectivity index (χ4n) is 3.36. The van der Waals surface area contributed by atoms with Crippen molar-refractivity contribution in [3.05, 3.63) is 99.6 Å². The summed E-state index contributed by atoms with van der Waals surface area (Å²) < 4.78 is 0. The number of benzene rings is 3. The van der Waals surface area contributed by atoms with Crippen LogP contribution >= 0.6 is 0 Å². The lowest BCUT2D eigenvalue weighted by atomic mass is 10.1. The van der Waals surface area contributed by atoms with E-state index in [1.54, 1.807) is 30.3 Å². The van der Waals surface area contributed by atoms with Crippen LogP contribution in [0.15, 0.2) is 72.8 Å². The zero-order valence-electron chi connectivity index (χ0n) is 18.6. The molecule has 0 aliphatic carbocycles. The van der Waals surface area contributed by atoms with Crippen LogP contribution in [0.25, 0.3) is 0 Å². The summed E-state index contributed by atoms with van der Waals surface area (Å²) >= 11 is 0. The predicted octanol–water partition coefficient (Wildman–Crippen LogP) is 4.94. The van der Waals surface area contributed by atoms with E-state index in [4.69, 9.17) is 0 Å². The molecular formula is C25H26N4O4. The molecule has 0 spiro atoms. The van der Waals surface area contributed by atoms with Crippen molar-refractivity contribution in [2.45, 2.75) is 20.4 Å². The third-order valence-electron chi connectivity index (χ3n) is 5.19. The lowest BCUT2D eigenvalue weighted by Crippen LogP contribution is -2.22. The summed E-state index contributed by atoms with van der Waals surface area (Å²) in [5.74, 6) is -0.645. The second-order valence-corrected chi connectivity index (χ2v) is 7.46. The molecule has 33 heavy (non-hydrogen) atoms. The van der Waals surface area contributed by atoms with E-state index >= 15 is 0 Å². The summed E-state index contributed by atoms with van der Waals surface area (Å²) in [4.78, 5) is 37.9. The molecule has 0 unspecified atom stereocenters. The number of nitro benzene ring substituents is 1. The van der Waals surface area contributed by atoms with Gasteiger partial charge in [-0.1, -0.05) is 32.0 Å². The first kappa shape index (κ1) is 23.6. The Morgan fingerprint density at radius 3 is 1.82 bits per heavy atom. The maximum Gasteiger partial charge on any atom is 0.269 e. The Labute approximate surface area is 192 Å². The Kier molecular flexibility index (Phi) is 7.88. The van der Waals surface area contributed by atoms with Crippen molar-refractivity contribution in [3.8, 4) is 0 Å². The molecule has 2 N–H and O–H groups in total. The van der Waals surface area contributed by atoms with Crippen molar-refractivity contribution in [1.29, 1.82) is 0 Å². The minimum atomic E-state index is -0.514. The number of anilines is 2. The van der Waals surface area contributed by atoms with E-state index in [-0.39, 0.29) is 11.6 Å². The minimum Gasteiger partial charge on any atom is -0.322 e. The van der Waals surface area contributed by atoms with Crippen molar-refractivity contribution in [3.63, 3.8) is 0 Å². The van der Waals surface area contributed by atoms with Gasteiger partial charge in [-0.15, -0.1) is 0 Å². The van der Waals surface area contributed by atoms with Crippen LogP contribution < -0.4 is 10.6 Å². The third kappa shape index (κ3) is 6.47. The van der Waals surface area contributed by atoms with Crippen LogP contribution in [0, 0.1) is 10.1 Å². The standard InChI is InChI=1S/C25H26N4O4/c1-3-28(4-2)17-18-14-21(26-24(30)19-8-6-5-7-9-19)16-22(15-18)27-25(31)20-10-12-23(13-11-20)29(32)33/h5-16H,3-4,17H2,1-2H3,(H,26,30)(H,27,31). The van der Waals surface area contributed by atoms with Crippen LogP contribution in [0.5, 0.6) is 0 Å². The molecule has 0 aliphatic rings. The molecule has 0 aromatic heterocycles. The van der Waals surface area contributed by atoms with E-state index in [1.165, 1.54) is 24.3 Å². The first-order chi connectivity index (χ1) is 15.9.